The number of hydrogen-bond donors (Lipinski definition) is 1. The zero-order chi connectivity index (χ0) is 12.4. The molecule has 0 atom stereocenters. The van der Waals surface area contributed by atoms with E-state index in [-0.39, 0.29) is 6.10 Å². The highest BCUT2D eigenvalue weighted by molar-refractivity contribution is 5.86. The van der Waals surface area contributed by atoms with Crippen molar-refractivity contribution in [2.75, 3.05) is 5.73 Å². The zero-order valence-electron chi connectivity index (χ0n) is 10.7. The van der Waals surface area contributed by atoms with E-state index in [0.29, 0.717) is 6.61 Å². The number of ether oxygens (including phenoxy) is 1. The van der Waals surface area contributed by atoms with E-state index in [0.717, 1.165) is 12.2 Å². The maximum atomic E-state index is 5.85. The molecule has 1 aromatic heterocycles. The Balaban J connectivity index is 2.43. The van der Waals surface area contributed by atoms with Crippen LogP contribution in [0.25, 0.3) is 10.9 Å². The van der Waals surface area contributed by atoms with Gasteiger partial charge in [-0.1, -0.05) is 0 Å². The Kier molecular flexibility index (Phi) is 3.38. The molecule has 0 fully saturated rings. The number of nitrogens with zero attached hydrogens (tertiary/aromatic N) is 1. The first-order valence-electron chi connectivity index (χ1n) is 6.10. The third kappa shape index (κ3) is 2.44. The molecule has 0 saturated carbocycles. The van der Waals surface area contributed by atoms with Crippen LogP contribution in [-0.4, -0.2) is 10.7 Å². The second kappa shape index (κ2) is 4.80. The van der Waals surface area contributed by atoms with Gasteiger partial charge in [0.2, 0.25) is 0 Å². The first-order chi connectivity index (χ1) is 8.11. The van der Waals surface area contributed by atoms with Crippen LogP contribution in [0.4, 0.5) is 5.69 Å². The Labute approximate surface area is 102 Å². The van der Waals surface area contributed by atoms with Gasteiger partial charge in [0.25, 0.3) is 0 Å². The second-order valence-corrected chi connectivity index (χ2v) is 4.58. The van der Waals surface area contributed by atoms with Gasteiger partial charge in [0, 0.05) is 34.9 Å². The zero-order valence-corrected chi connectivity index (χ0v) is 10.7. The Hall–Kier alpha value is -1.48. The third-order valence-corrected chi connectivity index (χ3v) is 2.90. The largest absolute Gasteiger partial charge is 0.399 e. The van der Waals surface area contributed by atoms with Crippen LogP contribution >= 0.6 is 0 Å². The molecule has 1 heterocycles. The molecule has 0 unspecified atom stereocenters. The molecule has 1 aromatic carbocycles. The van der Waals surface area contributed by atoms with E-state index < -0.39 is 0 Å². The number of fused-ring (bicyclic) bond motifs is 1. The average molecular weight is 232 g/mol. The number of aryl methyl sites for hydroxylation is 1. The van der Waals surface area contributed by atoms with E-state index >= 15 is 0 Å². The van der Waals surface area contributed by atoms with Crippen molar-refractivity contribution < 1.29 is 4.74 Å². The summed E-state index contributed by atoms with van der Waals surface area (Å²) in [5.74, 6) is 0. The molecule has 0 spiro atoms. The number of benzene rings is 1. The summed E-state index contributed by atoms with van der Waals surface area (Å²) in [6.45, 7) is 7.84. The molecular formula is C14H20N2O. The molecule has 2 aromatic rings. The fourth-order valence-corrected chi connectivity index (χ4v) is 2.02. The van der Waals surface area contributed by atoms with Crippen LogP contribution in [-0.2, 0) is 17.9 Å². The molecule has 92 valence electrons. The number of hydrogen-bond acceptors (Lipinski definition) is 2. The quantitative estimate of drug-likeness (QED) is 0.822. The number of anilines is 1. The van der Waals surface area contributed by atoms with Crippen LogP contribution < -0.4 is 5.73 Å². The fourth-order valence-electron chi connectivity index (χ4n) is 2.02. The standard InChI is InChI=1S/C14H20N2O/c1-4-16-8-11(9-17-10(2)3)13-7-12(15)5-6-14(13)16/h5-8,10H,4,9,15H2,1-3H3. The van der Waals surface area contributed by atoms with Crippen molar-refractivity contribution in [1.82, 2.24) is 4.57 Å². The van der Waals surface area contributed by atoms with Gasteiger partial charge in [0.1, 0.15) is 0 Å². The van der Waals surface area contributed by atoms with E-state index in [2.05, 4.69) is 23.8 Å². The predicted octanol–water partition coefficient (Wildman–Crippen LogP) is 3.17. The van der Waals surface area contributed by atoms with Gasteiger partial charge in [-0.2, -0.15) is 0 Å². The topological polar surface area (TPSA) is 40.2 Å². The first-order valence-corrected chi connectivity index (χ1v) is 6.10. The van der Waals surface area contributed by atoms with Crippen LogP contribution in [0.5, 0.6) is 0 Å². The normalized spacial score (nSPS) is 11.5. The van der Waals surface area contributed by atoms with Gasteiger partial charge < -0.3 is 15.0 Å². The van der Waals surface area contributed by atoms with Crippen LogP contribution in [0.2, 0.25) is 0 Å². The summed E-state index contributed by atoms with van der Waals surface area (Å²) in [5.41, 5.74) is 9.09. The molecule has 3 nitrogen and oxygen atoms in total. The summed E-state index contributed by atoms with van der Waals surface area (Å²) in [4.78, 5) is 0. The van der Waals surface area contributed by atoms with Crippen molar-refractivity contribution in [2.24, 2.45) is 0 Å². The highest BCUT2D eigenvalue weighted by atomic mass is 16.5. The number of nitrogen functional groups attached to an aromatic ring is 1. The molecule has 3 heteroatoms. The van der Waals surface area contributed by atoms with Crippen LogP contribution in [0.1, 0.15) is 26.3 Å². The predicted molar refractivity (Wildman–Crippen MR) is 71.9 cm³/mol. The van der Waals surface area contributed by atoms with Gasteiger partial charge in [-0.25, -0.2) is 0 Å². The van der Waals surface area contributed by atoms with Crippen molar-refractivity contribution in [3.05, 3.63) is 30.0 Å². The molecule has 0 radical (unpaired) electrons. The molecule has 0 aliphatic rings. The molecule has 2 N–H and O–H groups in total. The maximum Gasteiger partial charge on any atom is 0.0741 e. The molecule has 0 aliphatic carbocycles. The number of nitrogens with two attached hydrogens (primary N) is 1. The van der Waals surface area contributed by atoms with Gasteiger partial charge >= 0.3 is 0 Å². The van der Waals surface area contributed by atoms with Crippen LogP contribution in [0.3, 0.4) is 0 Å². The molecule has 0 amide bonds. The molecule has 17 heavy (non-hydrogen) atoms. The number of aromatic nitrogens is 1. The first kappa shape index (κ1) is 12.0. The lowest BCUT2D eigenvalue weighted by molar-refractivity contribution is 0.0663. The van der Waals surface area contributed by atoms with Crippen LogP contribution in [0.15, 0.2) is 24.4 Å². The average Bonchev–Trinajstić information content (AvgIpc) is 2.63. The fraction of sp³-hybridized carbons (Fsp3) is 0.429. The van der Waals surface area contributed by atoms with E-state index in [1.54, 1.807) is 0 Å². The van der Waals surface area contributed by atoms with E-state index in [9.17, 15) is 0 Å². The van der Waals surface area contributed by atoms with Crippen molar-refractivity contribution in [1.29, 1.82) is 0 Å². The third-order valence-electron chi connectivity index (χ3n) is 2.90. The Morgan fingerprint density at radius 1 is 1.35 bits per heavy atom. The van der Waals surface area contributed by atoms with Gasteiger partial charge in [-0.15, -0.1) is 0 Å². The number of rotatable bonds is 4. The van der Waals surface area contributed by atoms with Gasteiger partial charge in [0.15, 0.2) is 0 Å². The summed E-state index contributed by atoms with van der Waals surface area (Å²) in [7, 11) is 0. The minimum atomic E-state index is 0.246. The summed E-state index contributed by atoms with van der Waals surface area (Å²) in [6, 6.07) is 6.05. The highest BCUT2D eigenvalue weighted by Gasteiger charge is 2.08. The Morgan fingerprint density at radius 2 is 2.12 bits per heavy atom. The molecule has 0 aliphatic heterocycles. The SMILES string of the molecule is CCn1cc(COC(C)C)c2cc(N)ccc21. The molecule has 2 rings (SSSR count). The van der Waals surface area contributed by atoms with E-state index in [1.807, 2.05) is 26.0 Å². The smallest absolute Gasteiger partial charge is 0.0741 e. The van der Waals surface area contributed by atoms with Crippen molar-refractivity contribution in [3.8, 4) is 0 Å². The maximum absolute atomic E-state index is 5.85. The lowest BCUT2D eigenvalue weighted by Crippen LogP contribution is -2.01. The van der Waals surface area contributed by atoms with Gasteiger partial charge in [-0.05, 0) is 39.0 Å². The molecule has 0 bridgehead atoms. The van der Waals surface area contributed by atoms with E-state index in [4.69, 9.17) is 10.5 Å². The summed E-state index contributed by atoms with van der Waals surface area (Å²) in [5, 5.41) is 1.20. The minimum absolute atomic E-state index is 0.246. The monoisotopic (exact) mass is 232 g/mol. The van der Waals surface area contributed by atoms with Crippen LogP contribution in [0, 0.1) is 0 Å². The lowest BCUT2D eigenvalue weighted by atomic mass is 10.1. The Bertz CT molecular complexity index is 514. The lowest BCUT2D eigenvalue weighted by Gasteiger charge is -2.06. The summed E-state index contributed by atoms with van der Waals surface area (Å²) < 4.78 is 7.91. The van der Waals surface area contributed by atoms with Crippen molar-refractivity contribution in [3.63, 3.8) is 0 Å². The second-order valence-electron chi connectivity index (χ2n) is 4.58. The minimum Gasteiger partial charge on any atom is -0.399 e. The highest BCUT2D eigenvalue weighted by Crippen LogP contribution is 2.24. The van der Waals surface area contributed by atoms with Crippen molar-refractivity contribution >= 4 is 16.6 Å². The summed E-state index contributed by atoms with van der Waals surface area (Å²) in [6.07, 6.45) is 2.41. The van der Waals surface area contributed by atoms with Gasteiger partial charge in [-0.3, -0.25) is 0 Å². The molecule has 0 saturated heterocycles. The van der Waals surface area contributed by atoms with E-state index in [1.165, 1.54) is 16.5 Å². The Morgan fingerprint density at radius 3 is 2.76 bits per heavy atom. The summed E-state index contributed by atoms with van der Waals surface area (Å²) >= 11 is 0. The molecular weight excluding hydrogens is 212 g/mol. The van der Waals surface area contributed by atoms with Gasteiger partial charge in [0.05, 0.1) is 12.7 Å². The van der Waals surface area contributed by atoms with Crippen molar-refractivity contribution in [2.45, 2.75) is 40.0 Å².